The number of carbonyl (C=O) groups excluding carboxylic acids is 1. The fourth-order valence-corrected chi connectivity index (χ4v) is 5.46. The number of hydrogen-bond acceptors (Lipinski definition) is 5. The molecule has 0 bridgehead atoms. The van der Waals surface area contributed by atoms with Crippen molar-refractivity contribution in [1.82, 2.24) is 4.98 Å². The Morgan fingerprint density at radius 3 is 2.43 bits per heavy atom. The van der Waals surface area contributed by atoms with E-state index in [0.717, 1.165) is 37.8 Å². The Bertz CT molecular complexity index is 1300. The van der Waals surface area contributed by atoms with E-state index in [1.165, 1.54) is 16.9 Å². The molecule has 0 fully saturated rings. The number of aliphatic hydroxyl groups is 1. The van der Waals surface area contributed by atoms with Gasteiger partial charge in [0.1, 0.15) is 10.8 Å². The highest BCUT2D eigenvalue weighted by Gasteiger charge is 2.42. The van der Waals surface area contributed by atoms with Crippen molar-refractivity contribution in [2.24, 2.45) is 0 Å². The third-order valence-electron chi connectivity index (χ3n) is 6.15. The summed E-state index contributed by atoms with van der Waals surface area (Å²) in [4.78, 5) is 17.8. The molecule has 0 saturated carbocycles. The highest BCUT2D eigenvalue weighted by atomic mass is 32.1. The van der Waals surface area contributed by atoms with Crippen LogP contribution in [0.25, 0.3) is 15.8 Å². The van der Waals surface area contributed by atoms with E-state index in [4.69, 9.17) is 0 Å². The van der Waals surface area contributed by atoms with Gasteiger partial charge in [0, 0.05) is 16.8 Å². The number of carbonyl (C=O) groups is 1. The van der Waals surface area contributed by atoms with Crippen LogP contribution in [0.1, 0.15) is 38.3 Å². The van der Waals surface area contributed by atoms with E-state index in [9.17, 15) is 9.90 Å². The van der Waals surface area contributed by atoms with Crippen LogP contribution in [0.2, 0.25) is 0 Å². The average molecular weight is 415 g/mol. The largest absolute Gasteiger partial charge is 0.506 e. The van der Waals surface area contributed by atoms with Crippen LogP contribution in [-0.2, 0) is 10.2 Å². The highest BCUT2D eigenvalue weighted by molar-refractivity contribution is 7.19. The first kappa shape index (κ1) is 18.8. The number of ketones is 1. The summed E-state index contributed by atoms with van der Waals surface area (Å²) in [5, 5.41) is 15.1. The van der Waals surface area contributed by atoms with E-state index >= 15 is 0 Å². The first-order chi connectivity index (χ1) is 14.3. The number of aromatic nitrogens is 1. The van der Waals surface area contributed by atoms with Crippen LogP contribution in [0.4, 0.5) is 5.69 Å². The molecule has 0 spiro atoms. The number of nitrogens with zero attached hydrogens (tertiary/aromatic N) is 1. The summed E-state index contributed by atoms with van der Waals surface area (Å²) in [6, 6.07) is 16.0. The molecule has 150 valence electrons. The van der Waals surface area contributed by atoms with E-state index in [1.54, 1.807) is 0 Å². The number of rotatable bonds is 2. The quantitative estimate of drug-likeness (QED) is 0.494. The van der Waals surface area contributed by atoms with Crippen molar-refractivity contribution in [3.05, 3.63) is 87.3 Å². The van der Waals surface area contributed by atoms with Crippen LogP contribution in [0.3, 0.4) is 0 Å². The minimum atomic E-state index is -0.268. The van der Waals surface area contributed by atoms with E-state index < -0.39 is 0 Å². The monoisotopic (exact) mass is 414 g/mol. The van der Waals surface area contributed by atoms with Gasteiger partial charge in [-0.15, -0.1) is 11.3 Å². The van der Waals surface area contributed by atoms with Crippen molar-refractivity contribution in [2.75, 3.05) is 5.32 Å². The molecule has 1 aromatic heterocycles. The molecule has 5 rings (SSSR count). The second kappa shape index (κ2) is 6.41. The summed E-state index contributed by atoms with van der Waals surface area (Å²) >= 11 is 1.53. The predicted octanol–water partition coefficient (Wildman–Crippen LogP) is 6.14. The number of Topliss-reactive ketones (excluding diaryl/α,β-unsaturated/α-hetero) is 1. The maximum absolute atomic E-state index is 13.1. The van der Waals surface area contributed by atoms with E-state index in [1.807, 2.05) is 56.3 Å². The fraction of sp³-hybridized carbons (Fsp3) is 0.200. The number of allylic oxidation sites excluding steroid dienone is 5. The Hall–Kier alpha value is -3.18. The molecule has 2 N–H and O–H groups in total. The average Bonchev–Trinajstić information content (AvgIpc) is 3.27. The van der Waals surface area contributed by atoms with Gasteiger partial charge in [0.25, 0.3) is 0 Å². The molecule has 2 aromatic carbocycles. The summed E-state index contributed by atoms with van der Waals surface area (Å²) in [6.07, 6.45) is 0. The Kier molecular flexibility index (Phi) is 4.02. The van der Waals surface area contributed by atoms with Gasteiger partial charge in [-0.3, -0.25) is 4.79 Å². The van der Waals surface area contributed by atoms with Gasteiger partial charge in [0.05, 0.1) is 21.4 Å². The van der Waals surface area contributed by atoms with Gasteiger partial charge >= 0.3 is 0 Å². The number of aliphatic hydroxyl groups excluding tert-OH is 1. The van der Waals surface area contributed by atoms with Crippen LogP contribution in [-0.4, -0.2) is 15.9 Å². The third-order valence-corrected chi connectivity index (χ3v) is 7.31. The highest BCUT2D eigenvalue weighted by Crippen LogP contribution is 2.48. The SMILES string of the molecule is CC(=C1C(=O)C(/C(C)=C2/Nc3ccccc3C2(C)C)=C1O)c1nc2ccccc2s1. The number of hydrogen-bond donors (Lipinski definition) is 2. The van der Waals surface area contributed by atoms with E-state index in [0.29, 0.717) is 11.1 Å². The van der Waals surface area contributed by atoms with E-state index in [2.05, 4.69) is 30.2 Å². The van der Waals surface area contributed by atoms with Crippen molar-refractivity contribution in [3.8, 4) is 0 Å². The minimum absolute atomic E-state index is 0.0651. The lowest BCUT2D eigenvalue weighted by molar-refractivity contribution is -0.113. The maximum Gasteiger partial charge on any atom is 0.201 e. The van der Waals surface area contributed by atoms with Crippen molar-refractivity contribution >= 4 is 38.6 Å². The predicted molar refractivity (Wildman–Crippen MR) is 123 cm³/mol. The summed E-state index contributed by atoms with van der Waals surface area (Å²) in [5.74, 6) is -0.0573. The van der Waals surface area contributed by atoms with Gasteiger partial charge in [-0.1, -0.05) is 44.2 Å². The molecule has 0 amide bonds. The summed E-state index contributed by atoms with van der Waals surface area (Å²) in [6.45, 7) is 8.03. The number of anilines is 1. The van der Waals surface area contributed by atoms with Gasteiger partial charge in [0.2, 0.25) is 5.78 Å². The summed E-state index contributed by atoms with van der Waals surface area (Å²) in [7, 11) is 0. The van der Waals surface area contributed by atoms with Crippen LogP contribution >= 0.6 is 11.3 Å². The number of benzene rings is 2. The minimum Gasteiger partial charge on any atom is -0.506 e. The number of para-hydroxylation sites is 2. The van der Waals surface area contributed by atoms with Gasteiger partial charge < -0.3 is 10.4 Å². The van der Waals surface area contributed by atoms with Gasteiger partial charge in [-0.25, -0.2) is 4.98 Å². The summed E-state index contributed by atoms with van der Waals surface area (Å²) in [5.41, 5.74) is 6.11. The number of fused-ring (bicyclic) bond motifs is 2. The Morgan fingerprint density at radius 1 is 1.03 bits per heavy atom. The Balaban J connectivity index is 1.59. The maximum atomic E-state index is 13.1. The van der Waals surface area contributed by atoms with Crippen molar-refractivity contribution in [1.29, 1.82) is 0 Å². The second-order valence-electron chi connectivity index (χ2n) is 8.34. The Morgan fingerprint density at radius 2 is 1.73 bits per heavy atom. The molecule has 2 heterocycles. The molecular formula is C25H22N2O2S. The van der Waals surface area contributed by atoms with Crippen LogP contribution in [0, 0.1) is 0 Å². The third kappa shape index (κ3) is 2.52. The lowest BCUT2D eigenvalue weighted by Gasteiger charge is -2.28. The molecule has 0 unspecified atom stereocenters. The molecule has 5 heteroatoms. The number of nitrogens with one attached hydrogen (secondary N) is 1. The second-order valence-corrected chi connectivity index (χ2v) is 9.37. The first-order valence-corrected chi connectivity index (χ1v) is 10.8. The normalized spacial score (nSPS) is 20.7. The van der Waals surface area contributed by atoms with Crippen LogP contribution < -0.4 is 5.32 Å². The molecule has 0 radical (unpaired) electrons. The van der Waals surface area contributed by atoms with Crippen molar-refractivity contribution in [3.63, 3.8) is 0 Å². The fourth-order valence-electron chi connectivity index (χ4n) is 4.49. The lowest BCUT2D eigenvalue weighted by atomic mass is 9.76. The van der Waals surface area contributed by atoms with E-state index in [-0.39, 0.29) is 17.0 Å². The zero-order chi connectivity index (χ0) is 21.2. The summed E-state index contributed by atoms with van der Waals surface area (Å²) < 4.78 is 1.07. The topological polar surface area (TPSA) is 62.2 Å². The Labute approximate surface area is 179 Å². The van der Waals surface area contributed by atoms with Gasteiger partial charge in [0.15, 0.2) is 0 Å². The smallest absolute Gasteiger partial charge is 0.201 e. The molecule has 1 aliphatic heterocycles. The standard InChI is InChI=1S/C25H22N2O2S/c1-13(23-25(3,4)15-9-5-6-10-16(15)26-23)19-21(28)20(22(19)29)14(2)24-27-17-11-7-8-12-18(17)30-24/h5-12,26,28H,1-4H3/b20-14?,23-13+. The van der Waals surface area contributed by atoms with Crippen molar-refractivity contribution in [2.45, 2.75) is 33.1 Å². The first-order valence-electron chi connectivity index (χ1n) is 9.94. The molecule has 30 heavy (non-hydrogen) atoms. The van der Waals surface area contributed by atoms with Gasteiger partial charge in [-0.05, 0) is 48.8 Å². The molecule has 3 aromatic rings. The molecule has 0 atom stereocenters. The lowest BCUT2D eigenvalue weighted by Crippen LogP contribution is -2.28. The zero-order valence-corrected chi connectivity index (χ0v) is 18.1. The molecule has 2 aliphatic rings. The van der Waals surface area contributed by atoms with Gasteiger partial charge in [-0.2, -0.15) is 0 Å². The molecule has 1 aliphatic carbocycles. The zero-order valence-electron chi connectivity index (χ0n) is 17.3. The van der Waals surface area contributed by atoms with Crippen LogP contribution in [0.15, 0.2) is 76.7 Å². The van der Waals surface area contributed by atoms with Crippen molar-refractivity contribution < 1.29 is 9.90 Å². The number of thiazole rings is 1. The molecular weight excluding hydrogens is 392 g/mol. The van der Waals surface area contributed by atoms with Crippen LogP contribution in [0.5, 0.6) is 0 Å². The molecule has 0 saturated heterocycles. The molecule has 4 nitrogen and oxygen atoms in total.